The zero-order valence-electron chi connectivity index (χ0n) is 14.1. The fraction of sp³-hybridized carbons (Fsp3) is 0.562. The molecule has 0 unspecified atom stereocenters. The van der Waals surface area contributed by atoms with Gasteiger partial charge < -0.3 is 10.2 Å². The Balaban J connectivity index is 1.63. The van der Waals surface area contributed by atoms with Gasteiger partial charge in [-0.15, -0.1) is 0 Å². The van der Waals surface area contributed by atoms with E-state index < -0.39 is 11.6 Å². The van der Waals surface area contributed by atoms with Crippen molar-refractivity contribution in [3.63, 3.8) is 0 Å². The molecule has 1 aromatic heterocycles. The lowest BCUT2D eigenvalue weighted by Gasteiger charge is -2.20. The summed E-state index contributed by atoms with van der Waals surface area (Å²) in [7, 11) is 0. The SMILES string of the molecule is Cc1ccnc([C@@H]2CCN(C(=O)CN3C(=O)NC(C)(C)C3=O)C2)n1. The second-order valence-corrected chi connectivity index (χ2v) is 6.83. The van der Waals surface area contributed by atoms with Crippen LogP contribution < -0.4 is 5.32 Å². The van der Waals surface area contributed by atoms with Crippen molar-refractivity contribution in [2.45, 2.75) is 38.6 Å². The zero-order valence-corrected chi connectivity index (χ0v) is 14.1. The van der Waals surface area contributed by atoms with Crippen LogP contribution >= 0.6 is 0 Å². The van der Waals surface area contributed by atoms with Crippen LogP contribution in [0.2, 0.25) is 0 Å². The molecule has 2 fully saturated rings. The Labute approximate surface area is 140 Å². The number of likely N-dealkylation sites (tertiary alicyclic amines) is 1. The monoisotopic (exact) mass is 331 g/mol. The molecule has 4 amide bonds. The highest BCUT2D eigenvalue weighted by Crippen LogP contribution is 2.25. The largest absolute Gasteiger partial charge is 0.340 e. The van der Waals surface area contributed by atoms with E-state index in [9.17, 15) is 14.4 Å². The lowest BCUT2D eigenvalue weighted by atomic mass is 10.1. The van der Waals surface area contributed by atoms with Gasteiger partial charge in [0.05, 0.1) is 0 Å². The number of imide groups is 1. The summed E-state index contributed by atoms with van der Waals surface area (Å²) in [5, 5.41) is 2.58. The summed E-state index contributed by atoms with van der Waals surface area (Å²) in [4.78, 5) is 47.9. The minimum atomic E-state index is -0.958. The molecular formula is C16H21N5O3. The second kappa shape index (κ2) is 5.85. The number of rotatable bonds is 3. The van der Waals surface area contributed by atoms with Gasteiger partial charge in [0.25, 0.3) is 5.91 Å². The van der Waals surface area contributed by atoms with Gasteiger partial charge in [-0.2, -0.15) is 0 Å². The van der Waals surface area contributed by atoms with Gasteiger partial charge in [0.15, 0.2) is 0 Å². The number of hydrogen-bond donors (Lipinski definition) is 1. The van der Waals surface area contributed by atoms with Crippen molar-refractivity contribution in [2.75, 3.05) is 19.6 Å². The van der Waals surface area contributed by atoms with Gasteiger partial charge in [-0.3, -0.25) is 14.5 Å². The molecule has 1 N–H and O–H groups in total. The first kappa shape index (κ1) is 16.4. The molecule has 1 atom stereocenters. The van der Waals surface area contributed by atoms with E-state index >= 15 is 0 Å². The smallest absolute Gasteiger partial charge is 0.325 e. The minimum Gasteiger partial charge on any atom is -0.340 e. The van der Waals surface area contributed by atoms with E-state index in [1.165, 1.54) is 0 Å². The predicted octanol–water partition coefficient (Wildman–Crippen LogP) is 0.431. The maximum atomic E-state index is 12.5. The lowest BCUT2D eigenvalue weighted by molar-refractivity contribution is -0.137. The summed E-state index contributed by atoms with van der Waals surface area (Å²) in [6.07, 6.45) is 2.50. The highest BCUT2D eigenvalue weighted by Gasteiger charge is 2.45. The quantitative estimate of drug-likeness (QED) is 0.811. The van der Waals surface area contributed by atoms with Gasteiger partial charge in [0.2, 0.25) is 5.91 Å². The van der Waals surface area contributed by atoms with Crippen LogP contribution in [0.4, 0.5) is 4.79 Å². The number of urea groups is 1. The van der Waals surface area contributed by atoms with Crippen molar-refractivity contribution in [1.29, 1.82) is 0 Å². The number of nitrogens with zero attached hydrogens (tertiary/aromatic N) is 4. The Morgan fingerprint density at radius 1 is 1.42 bits per heavy atom. The molecule has 2 aliphatic heterocycles. The molecule has 0 aliphatic carbocycles. The Hall–Kier alpha value is -2.51. The number of aryl methyl sites for hydroxylation is 1. The standard InChI is InChI=1S/C16H21N5O3/c1-10-4-6-17-13(18-10)11-5-7-20(8-11)12(22)9-21-14(23)16(2,3)19-15(21)24/h4,6,11H,5,7-9H2,1-3H3,(H,19,24)/t11-/m1/s1. The molecule has 24 heavy (non-hydrogen) atoms. The van der Waals surface area contributed by atoms with Gasteiger partial charge in [0, 0.05) is 30.9 Å². The van der Waals surface area contributed by atoms with Crippen LogP contribution in [-0.4, -0.2) is 62.8 Å². The number of hydrogen-bond acceptors (Lipinski definition) is 5. The van der Waals surface area contributed by atoms with Crippen LogP contribution in [0.15, 0.2) is 12.3 Å². The molecule has 0 saturated carbocycles. The molecule has 3 heterocycles. The van der Waals surface area contributed by atoms with E-state index in [4.69, 9.17) is 0 Å². The van der Waals surface area contributed by atoms with Crippen molar-refractivity contribution < 1.29 is 14.4 Å². The normalized spacial score (nSPS) is 22.9. The maximum Gasteiger partial charge on any atom is 0.325 e. The fourth-order valence-electron chi connectivity index (χ4n) is 3.06. The van der Waals surface area contributed by atoms with Gasteiger partial charge in [-0.25, -0.2) is 14.8 Å². The zero-order chi connectivity index (χ0) is 17.5. The summed E-state index contributed by atoms with van der Waals surface area (Å²) in [5.41, 5.74) is -0.0633. The van der Waals surface area contributed by atoms with Crippen molar-refractivity contribution in [2.24, 2.45) is 0 Å². The van der Waals surface area contributed by atoms with Crippen molar-refractivity contribution in [3.8, 4) is 0 Å². The first-order chi connectivity index (χ1) is 11.3. The number of aromatic nitrogens is 2. The summed E-state index contributed by atoms with van der Waals surface area (Å²) in [6.45, 7) is 6.01. The molecule has 0 aromatic carbocycles. The molecule has 8 heteroatoms. The number of nitrogens with one attached hydrogen (secondary N) is 1. The Kier molecular flexibility index (Phi) is 3.98. The first-order valence-electron chi connectivity index (χ1n) is 7.99. The molecule has 2 saturated heterocycles. The van der Waals surface area contributed by atoms with E-state index in [1.807, 2.05) is 13.0 Å². The minimum absolute atomic E-state index is 0.0911. The van der Waals surface area contributed by atoms with Crippen LogP contribution in [0, 0.1) is 6.92 Å². The third-order valence-corrected chi connectivity index (χ3v) is 4.46. The first-order valence-corrected chi connectivity index (χ1v) is 7.99. The average Bonchev–Trinajstić information content (AvgIpc) is 3.07. The summed E-state index contributed by atoms with van der Waals surface area (Å²) >= 11 is 0. The van der Waals surface area contributed by atoms with Crippen molar-refractivity contribution in [1.82, 2.24) is 25.1 Å². The van der Waals surface area contributed by atoms with Crippen molar-refractivity contribution >= 4 is 17.8 Å². The third kappa shape index (κ3) is 2.95. The van der Waals surface area contributed by atoms with E-state index in [1.54, 1.807) is 24.9 Å². The van der Waals surface area contributed by atoms with E-state index in [-0.39, 0.29) is 24.3 Å². The molecule has 1 aromatic rings. The molecule has 2 aliphatic rings. The summed E-state index contributed by atoms with van der Waals surface area (Å²) in [5.74, 6) is 0.222. The molecule has 3 rings (SSSR count). The maximum absolute atomic E-state index is 12.5. The Morgan fingerprint density at radius 2 is 2.17 bits per heavy atom. The summed E-state index contributed by atoms with van der Waals surface area (Å²) in [6, 6.07) is 1.32. The molecule has 128 valence electrons. The van der Waals surface area contributed by atoms with E-state index in [0.717, 1.165) is 22.8 Å². The van der Waals surface area contributed by atoms with Crippen molar-refractivity contribution in [3.05, 3.63) is 23.8 Å². The van der Waals surface area contributed by atoms with Crippen LogP contribution in [-0.2, 0) is 9.59 Å². The Bertz CT molecular complexity index is 703. The molecule has 8 nitrogen and oxygen atoms in total. The van der Waals surface area contributed by atoms with Gasteiger partial charge in [-0.05, 0) is 33.3 Å². The van der Waals surface area contributed by atoms with Crippen LogP contribution in [0.5, 0.6) is 0 Å². The number of carbonyl (C=O) groups is 3. The lowest BCUT2D eigenvalue weighted by Crippen LogP contribution is -2.44. The highest BCUT2D eigenvalue weighted by atomic mass is 16.2. The van der Waals surface area contributed by atoms with Gasteiger partial charge in [0.1, 0.15) is 17.9 Å². The van der Waals surface area contributed by atoms with Crippen LogP contribution in [0.25, 0.3) is 0 Å². The molecule has 0 spiro atoms. The topological polar surface area (TPSA) is 95.5 Å². The molecular weight excluding hydrogens is 310 g/mol. The van der Waals surface area contributed by atoms with E-state index in [0.29, 0.717) is 13.1 Å². The van der Waals surface area contributed by atoms with Gasteiger partial charge >= 0.3 is 6.03 Å². The summed E-state index contributed by atoms with van der Waals surface area (Å²) < 4.78 is 0. The average molecular weight is 331 g/mol. The van der Waals surface area contributed by atoms with Crippen LogP contribution in [0.1, 0.15) is 37.7 Å². The predicted molar refractivity (Wildman–Crippen MR) is 85.0 cm³/mol. The second-order valence-electron chi connectivity index (χ2n) is 6.83. The Morgan fingerprint density at radius 3 is 2.79 bits per heavy atom. The van der Waals surface area contributed by atoms with E-state index in [2.05, 4.69) is 15.3 Å². The fourth-order valence-corrected chi connectivity index (χ4v) is 3.06. The van der Waals surface area contributed by atoms with Gasteiger partial charge in [-0.1, -0.05) is 0 Å². The number of amides is 4. The highest BCUT2D eigenvalue weighted by molar-refractivity contribution is 6.08. The number of carbonyl (C=O) groups excluding carboxylic acids is 3. The molecule has 0 bridgehead atoms. The third-order valence-electron chi connectivity index (χ3n) is 4.46. The molecule has 0 radical (unpaired) electrons. The van der Waals surface area contributed by atoms with Crippen LogP contribution in [0.3, 0.4) is 0 Å².